The van der Waals surface area contributed by atoms with Crippen LogP contribution in [0, 0.1) is 5.92 Å². The number of thiazole rings is 1. The second kappa shape index (κ2) is 6.60. The van der Waals surface area contributed by atoms with E-state index in [1.54, 1.807) is 5.38 Å². The number of hydrogen-bond donors (Lipinski definition) is 2. The maximum absolute atomic E-state index is 11.7. The molecule has 0 aliphatic rings. The fourth-order valence-electron chi connectivity index (χ4n) is 1.41. The summed E-state index contributed by atoms with van der Waals surface area (Å²) in [6, 6.07) is 0. The molecule has 0 aromatic carbocycles. The van der Waals surface area contributed by atoms with Gasteiger partial charge < -0.3 is 11.1 Å². The molecule has 0 atom stereocenters. The lowest BCUT2D eigenvalue weighted by Gasteiger charge is -2.12. The average Bonchev–Trinajstić information content (AvgIpc) is 2.78. The first kappa shape index (κ1) is 13.1. The Kier molecular flexibility index (Phi) is 5.42. The molecule has 1 rings (SSSR count). The van der Waals surface area contributed by atoms with E-state index in [2.05, 4.69) is 24.1 Å². The van der Waals surface area contributed by atoms with Crippen LogP contribution < -0.4 is 11.1 Å². The number of nitrogens with two attached hydrogens (primary N) is 1. The Morgan fingerprint density at radius 3 is 2.75 bits per heavy atom. The zero-order chi connectivity index (χ0) is 12.0. The van der Waals surface area contributed by atoms with Crippen molar-refractivity contribution in [2.24, 2.45) is 11.7 Å². The third-order valence-electron chi connectivity index (χ3n) is 2.67. The number of nitrogens with one attached hydrogen (secondary N) is 1. The SMILES string of the molecule is CCC(CC)CNC(=O)c1csc(CN)n1. The largest absolute Gasteiger partial charge is 0.350 e. The first-order valence-electron chi connectivity index (χ1n) is 5.63. The predicted molar refractivity (Wildman–Crippen MR) is 66.4 cm³/mol. The van der Waals surface area contributed by atoms with Gasteiger partial charge in [-0.1, -0.05) is 26.7 Å². The molecule has 1 amide bonds. The van der Waals surface area contributed by atoms with Crippen LogP contribution >= 0.6 is 11.3 Å². The lowest BCUT2D eigenvalue weighted by Crippen LogP contribution is -2.29. The van der Waals surface area contributed by atoms with Crippen molar-refractivity contribution < 1.29 is 4.79 Å². The van der Waals surface area contributed by atoms with E-state index in [-0.39, 0.29) is 5.91 Å². The second-order valence-electron chi connectivity index (χ2n) is 3.72. The highest BCUT2D eigenvalue weighted by molar-refractivity contribution is 7.09. The molecule has 0 aliphatic carbocycles. The maximum Gasteiger partial charge on any atom is 0.270 e. The number of carbonyl (C=O) groups is 1. The quantitative estimate of drug-likeness (QED) is 0.797. The van der Waals surface area contributed by atoms with Gasteiger partial charge in [0, 0.05) is 18.5 Å². The highest BCUT2D eigenvalue weighted by Gasteiger charge is 2.11. The van der Waals surface area contributed by atoms with Crippen LogP contribution in [-0.2, 0) is 6.54 Å². The molecular weight excluding hydrogens is 222 g/mol. The van der Waals surface area contributed by atoms with E-state index < -0.39 is 0 Å². The van der Waals surface area contributed by atoms with Crippen LogP contribution in [-0.4, -0.2) is 17.4 Å². The van der Waals surface area contributed by atoms with E-state index in [4.69, 9.17) is 5.73 Å². The van der Waals surface area contributed by atoms with Crippen LogP contribution in [0.2, 0.25) is 0 Å². The molecule has 1 heterocycles. The Morgan fingerprint density at radius 2 is 2.25 bits per heavy atom. The molecule has 0 bridgehead atoms. The Balaban J connectivity index is 2.46. The van der Waals surface area contributed by atoms with Crippen molar-refractivity contribution in [2.45, 2.75) is 33.2 Å². The van der Waals surface area contributed by atoms with Crippen molar-refractivity contribution >= 4 is 17.2 Å². The Labute approximate surface area is 100 Å². The van der Waals surface area contributed by atoms with Crippen molar-refractivity contribution in [1.29, 1.82) is 0 Å². The number of nitrogens with zero attached hydrogens (tertiary/aromatic N) is 1. The van der Waals surface area contributed by atoms with Gasteiger partial charge in [-0.05, 0) is 5.92 Å². The van der Waals surface area contributed by atoms with Crippen molar-refractivity contribution in [3.05, 3.63) is 16.1 Å². The Bertz CT molecular complexity index is 334. The van der Waals surface area contributed by atoms with Gasteiger partial charge in [0.2, 0.25) is 0 Å². The van der Waals surface area contributed by atoms with Crippen molar-refractivity contribution in [2.75, 3.05) is 6.54 Å². The molecule has 16 heavy (non-hydrogen) atoms. The summed E-state index contributed by atoms with van der Waals surface area (Å²) in [4.78, 5) is 15.8. The Morgan fingerprint density at radius 1 is 1.56 bits per heavy atom. The van der Waals surface area contributed by atoms with Crippen LogP contribution in [0.15, 0.2) is 5.38 Å². The van der Waals surface area contributed by atoms with Gasteiger partial charge in [0.1, 0.15) is 10.7 Å². The van der Waals surface area contributed by atoms with Crippen molar-refractivity contribution in [3.8, 4) is 0 Å². The lowest BCUT2D eigenvalue weighted by molar-refractivity contribution is 0.0942. The first-order chi connectivity index (χ1) is 7.71. The van der Waals surface area contributed by atoms with E-state index in [9.17, 15) is 4.79 Å². The van der Waals surface area contributed by atoms with Crippen LogP contribution in [0.25, 0.3) is 0 Å². The fourth-order valence-corrected chi connectivity index (χ4v) is 2.07. The van der Waals surface area contributed by atoms with Crippen LogP contribution in [0.4, 0.5) is 0 Å². The molecule has 0 fully saturated rings. The predicted octanol–water partition coefficient (Wildman–Crippen LogP) is 1.77. The average molecular weight is 241 g/mol. The van der Waals surface area contributed by atoms with E-state index in [1.165, 1.54) is 11.3 Å². The minimum atomic E-state index is -0.0946. The van der Waals surface area contributed by atoms with Crippen molar-refractivity contribution in [1.82, 2.24) is 10.3 Å². The summed E-state index contributed by atoms with van der Waals surface area (Å²) in [5, 5.41) is 5.46. The van der Waals surface area contributed by atoms with Gasteiger partial charge >= 0.3 is 0 Å². The second-order valence-corrected chi connectivity index (χ2v) is 4.67. The number of carbonyl (C=O) groups excluding carboxylic acids is 1. The van der Waals surface area contributed by atoms with Gasteiger partial charge in [-0.2, -0.15) is 0 Å². The Hall–Kier alpha value is -0.940. The number of rotatable bonds is 6. The molecule has 4 nitrogen and oxygen atoms in total. The minimum Gasteiger partial charge on any atom is -0.350 e. The highest BCUT2D eigenvalue weighted by atomic mass is 32.1. The van der Waals surface area contributed by atoms with Crippen molar-refractivity contribution in [3.63, 3.8) is 0 Å². The summed E-state index contributed by atoms with van der Waals surface area (Å²) in [6.45, 7) is 5.39. The van der Waals surface area contributed by atoms with E-state index in [1.807, 2.05) is 0 Å². The molecule has 0 unspecified atom stereocenters. The third-order valence-corrected chi connectivity index (χ3v) is 3.54. The number of amides is 1. The maximum atomic E-state index is 11.7. The summed E-state index contributed by atoms with van der Waals surface area (Å²) < 4.78 is 0. The molecule has 0 radical (unpaired) electrons. The summed E-state index contributed by atoms with van der Waals surface area (Å²) in [5.41, 5.74) is 5.93. The topological polar surface area (TPSA) is 68.0 Å². The molecule has 5 heteroatoms. The molecule has 90 valence electrons. The zero-order valence-corrected chi connectivity index (χ0v) is 10.6. The standard InChI is InChI=1S/C11H19N3OS/c1-3-8(4-2)6-13-11(15)9-7-16-10(5-12)14-9/h7-8H,3-6,12H2,1-2H3,(H,13,15). The van der Waals surface area contributed by atoms with Crippen LogP contribution in [0.1, 0.15) is 42.2 Å². The summed E-state index contributed by atoms with van der Waals surface area (Å²) in [5.74, 6) is 0.458. The summed E-state index contributed by atoms with van der Waals surface area (Å²) >= 11 is 1.43. The molecule has 1 aromatic heterocycles. The monoisotopic (exact) mass is 241 g/mol. The lowest BCUT2D eigenvalue weighted by atomic mass is 10.0. The van der Waals surface area contributed by atoms with E-state index in [0.29, 0.717) is 18.2 Å². The van der Waals surface area contributed by atoms with Gasteiger partial charge in [-0.15, -0.1) is 11.3 Å². The van der Waals surface area contributed by atoms with Crippen LogP contribution in [0.5, 0.6) is 0 Å². The fraction of sp³-hybridized carbons (Fsp3) is 0.636. The number of hydrogen-bond acceptors (Lipinski definition) is 4. The summed E-state index contributed by atoms with van der Waals surface area (Å²) in [7, 11) is 0. The zero-order valence-electron chi connectivity index (χ0n) is 9.82. The smallest absolute Gasteiger partial charge is 0.270 e. The number of aromatic nitrogens is 1. The van der Waals surface area contributed by atoms with E-state index >= 15 is 0 Å². The molecule has 0 spiro atoms. The van der Waals surface area contributed by atoms with Crippen LogP contribution in [0.3, 0.4) is 0 Å². The summed E-state index contributed by atoms with van der Waals surface area (Å²) in [6.07, 6.45) is 2.17. The highest BCUT2D eigenvalue weighted by Crippen LogP contribution is 2.09. The normalized spacial score (nSPS) is 10.8. The van der Waals surface area contributed by atoms with Gasteiger partial charge in [-0.3, -0.25) is 4.79 Å². The van der Waals surface area contributed by atoms with Gasteiger partial charge in [0.05, 0.1) is 0 Å². The molecule has 0 saturated heterocycles. The third kappa shape index (κ3) is 3.57. The molecule has 0 saturated carbocycles. The van der Waals surface area contributed by atoms with Gasteiger partial charge in [0.15, 0.2) is 0 Å². The molecule has 3 N–H and O–H groups in total. The molecule has 0 aliphatic heterocycles. The van der Waals surface area contributed by atoms with E-state index in [0.717, 1.165) is 24.4 Å². The first-order valence-corrected chi connectivity index (χ1v) is 6.51. The minimum absolute atomic E-state index is 0.0946. The molecular formula is C11H19N3OS. The van der Waals surface area contributed by atoms with Gasteiger partial charge in [0.25, 0.3) is 5.91 Å². The van der Waals surface area contributed by atoms with Gasteiger partial charge in [-0.25, -0.2) is 4.98 Å². The molecule has 1 aromatic rings.